The molecule has 2 aliphatic carbocycles. The molecule has 5 nitrogen and oxygen atoms in total. The third kappa shape index (κ3) is 3.28. The molecular formula is C18H24FN5. The van der Waals surface area contributed by atoms with Crippen LogP contribution in [-0.2, 0) is 13.5 Å². The van der Waals surface area contributed by atoms with Crippen LogP contribution in [0.25, 0.3) is 11.3 Å². The standard InChI is InChI=1S/C18H24FN5/c1-24-16(9-12-7-8-12)14(10-21-24)17-15(19)11-20-18(23-17)22-13-5-3-2-4-6-13/h10-13H,2-9H2,1H3,(H,20,22,23). The first kappa shape index (κ1) is 15.5. The molecule has 2 saturated carbocycles. The Kier molecular flexibility index (Phi) is 4.21. The highest BCUT2D eigenvalue weighted by Crippen LogP contribution is 2.36. The summed E-state index contributed by atoms with van der Waals surface area (Å²) in [6.07, 6.45) is 12.5. The van der Waals surface area contributed by atoms with E-state index in [1.165, 1.54) is 38.3 Å². The van der Waals surface area contributed by atoms with Gasteiger partial charge in [0.05, 0.1) is 12.4 Å². The van der Waals surface area contributed by atoms with Crippen LogP contribution in [0.5, 0.6) is 0 Å². The minimum Gasteiger partial charge on any atom is -0.351 e. The smallest absolute Gasteiger partial charge is 0.223 e. The van der Waals surface area contributed by atoms with Crippen molar-refractivity contribution < 1.29 is 4.39 Å². The van der Waals surface area contributed by atoms with Crippen LogP contribution >= 0.6 is 0 Å². The van der Waals surface area contributed by atoms with Gasteiger partial charge in [0, 0.05) is 24.3 Å². The van der Waals surface area contributed by atoms with Crippen LogP contribution in [0.4, 0.5) is 10.3 Å². The molecule has 4 rings (SSSR count). The van der Waals surface area contributed by atoms with Crippen molar-refractivity contribution in [1.82, 2.24) is 19.7 Å². The van der Waals surface area contributed by atoms with Gasteiger partial charge in [-0.3, -0.25) is 4.68 Å². The van der Waals surface area contributed by atoms with Gasteiger partial charge in [0.25, 0.3) is 0 Å². The molecule has 0 atom stereocenters. The summed E-state index contributed by atoms with van der Waals surface area (Å²) in [5, 5.41) is 7.71. The van der Waals surface area contributed by atoms with Crippen LogP contribution in [-0.4, -0.2) is 25.8 Å². The van der Waals surface area contributed by atoms with Crippen molar-refractivity contribution in [2.45, 2.75) is 57.4 Å². The molecule has 2 heterocycles. The van der Waals surface area contributed by atoms with Crippen molar-refractivity contribution in [1.29, 1.82) is 0 Å². The summed E-state index contributed by atoms with van der Waals surface area (Å²) in [6, 6.07) is 0.400. The fourth-order valence-corrected chi connectivity index (χ4v) is 3.55. The Labute approximate surface area is 141 Å². The molecule has 1 N–H and O–H groups in total. The average Bonchev–Trinajstić information content (AvgIpc) is 3.34. The molecule has 0 amide bonds. The van der Waals surface area contributed by atoms with Gasteiger partial charge in [-0.2, -0.15) is 5.10 Å². The summed E-state index contributed by atoms with van der Waals surface area (Å²) in [7, 11) is 1.92. The van der Waals surface area contributed by atoms with Crippen LogP contribution in [0.2, 0.25) is 0 Å². The van der Waals surface area contributed by atoms with E-state index in [1.54, 1.807) is 6.20 Å². The molecule has 2 aliphatic rings. The summed E-state index contributed by atoms with van der Waals surface area (Å²) in [5.74, 6) is 0.859. The Bertz CT molecular complexity index is 716. The molecular weight excluding hydrogens is 305 g/mol. The Hall–Kier alpha value is -1.98. The molecule has 0 spiro atoms. The number of aromatic nitrogens is 4. The molecule has 0 saturated heterocycles. The topological polar surface area (TPSA) is 55.6 Å². The van der Waals surface area contributed by atoms with Gasteiger partial charge < -0.3 is 5.32 Å². The normalized spacial score (nSPS) is 18.8. The van der Waals surface area contributed by atoms with Crippen molar-refractivity contribution in [3.05, 3.63) is 23.9 Å². The first-order chi connectivity index (χ1) is 11.7. The quantitative estimate of drug-likeness (QED) is 0.908. The van der Waals surface area contributed by atoms with Crippen LogP contribution in [0.15, 0.2) is 12.4 Å². The van der Waals surface area contributed by atoms with E-state index in [9.17, 15) is 4.39 Å². The van der Waals surface area contributed by atoms with Crippen LogP contribution < -0.4 is 5.32 Å². The van der Waals surface area contributed by atoms with Crippen LogP contribution in [0.1, 0.15) is 50.6 Å². The molecule has 6 heteroatoms. The second-order valence-electron chi connectivity index (χ2n) is 7.15. The van der Waals surface area contributed by atoms with E-state index in [0.717, 1.165) is 30.5 Å². The fraction of sp³-hybridized carbons (Fsp3) is 0.611. The molecule has 0 bridgehead atoms. The second-order valence-corrected chi connectivity index (χ2v) is 7.15. The molecule has 0 aliphatic heterocycles. The molecule has 2 aromatic rings. The van der Waals surface area contributed by atoms with Gasteiger partial charge in [0.15, 0.2) is 5.82 Å². The van der Waals surface area contributed by atoms with E-state index in [0.29, 0.717) is 23.6 Å². The van der Waals surface area contributed by atoms with Gasteiger partial charge in [0.2, 0.25) is 5.95 Å². The lowest BCUT2D eigenvalue weighted by Gasteiger charge is -2.22. The molecule has 128 valence electrons. The lowest BCUT2D eigenvalue weighted by molar-refractivity contribution is 0.460. The summed E-state index contributed by atoms with van der Waals surface area (Å²) < 4.78 is 16.2. The van der Waals surface area contributed by atoms with E-state index in [2.05, 4.69) is 20.4 Å². The van der Waals surface area contributed by atoms with Crippen molar-refractivity contribution in [3.63, 3.8) is 0 Å². The van der Waals surface area contributed by atoms with Crippen LogP contribution in [0.3, 0.4) is 0 Å². The summed E-state index contributed by atoms with van der Waals surface area (Å²) in [6.45, 7) is 0. The zero-order valence-electron chi connectivity index (χ0n) is 14.1. The largest absolute Gasteiger partial charge is 0.351 e. The van der Waals surface area contributed by atoms with Gasteiger partial charge in [-0.1, -0.05) is 19.3 Å². The Morgan fingerprint density at radius 3 is 2.71 bits per heavy atom. The number of anilines is 1. The summed E-state index contributed by atoms with van der Waals surface area (Å²) in [4.78, 5) is 8.63. The number of halogens is 1. The predicted octanol–water partition coefficient (Wildman–Crippen LogP) is 3.71. The van der Waals surface area contributed by atoms with E-state index in [4.69, 9.17) is 0 Å². The van der Waals surface area contributed by atoms with Gasteiger partial charge in [-0.25, -0.2) is 14.4 Å². The summed E-state index contributed by atoms with van der Waals surface area (Å²) >= 11 is 0. The maximum atomic E-state index is 14.4. The minimum absolute atomic E-state index is 0.368. The molecule has 0 aromatic carbocycles. The summed E-state index contributed by atoms with van der Waals surface area (Å²) in [5.41, 5.74) is 2.24. The van der Waals surface area contributed by atoms with Crippen molar-refractivity contribution in [3.8, 4) is 11.3 Å². The Balaban J connectivity index is 1.61. The monoisotopic (exact) mass is 329 g/mol. The van der Waals surface area contributed by atoms with Gasteiger partial charge in [-0.15, -0.1) is 0 Å². The minimum atomic E-state index is -0.380. The van der Waals surface area contributed by atoms with Crippen LogP contribution in [0, 0.1) is 11.7 Å². The van der Waals surface area contributed by atoms with Gasteiger partial charge >= 0.3 is 0 Å². The van der Waals surface area contributed by atoms with Crippen molar-refractivity contribution in [2.24, 2.45) is 13.0 Å². The van der Waals surface area contributed by atoms with E-state index in [-0.39, 0.29) is 5.82 Å². The Morgan fingerprint density at radius 2 is 1.96 bits per heavy atom. The third-order valence-corrected chi connectivity index (χ3v) is 5.18. The SMILES string of the molecule is Cn1ncc(-c2nc(NC3CCCCC3)ncc2F)c1CC1CC1. The maximum absolute atomic E-state index is 14.4. The number of nitrogens with zero attached hydrogens (tertiary/aromatic N) is 4. The highest BCUT2D eigenvalue weighted by Gasteiger charge is 2.26. The zero-order chi connectivity index (χ0) is 16.5. The Morgan fingerprint density at radius 1 is 1.17 bits per heavy atom. The maximum Gasteiger partial charge on any atom is 0.223 e. The molecule has 0 unspecified atom stereocenters. The fourth-order valence-electron chi connectivity index (χ4n) is 3.55. The molecule has 2 fully saturated rings. The highest BCUT2D eigenvalue weighted by atomic mass is 19.1. The number of aryl methyl sites for hydroxylation is 1. The molecule has 0 radical (unpaired) electrons. The second kappa shape index (κ2) is 6.49. The van der Waals surface area contributed by atoms with E-state index < -0.39 is 0 Å². The zero-order valence-corrected chi connectivity index (χ0v) is 14.1. The van der Waals surface area contributed by atoms with Gasteiger partial charge in [-0.05, 0) is 38.0 Å². The predicted molar refractivity (Wildman–Crippen MR) is 91.1 cm³/mol. The lowest BCUT2D eigenvalue weighted by Crippen LogP contribution is -2.23. The van der Waals surface area contributed by atoms with E-state index in [1.807, 2.05) is 11.7 Å². The first-order valence-electron chi connectivity index (χ1n) is 9.01. The average molecular weight is 329 g/mol. The third-order valence-electron chi connectivity index (χ3n) is 5.18. The first-order valence-corrected chi connectivity index (χ1v) is 9.01. The van der Waals surface area contributed by atoms with Gasteiger partial charge in [0.1, 0.15) is 5.69 Å². The van der Waals surface area contributed by atoms with Crippen molar-refractivity contribution in [2.75, 3.05) is 5.32 Å². The molecule has 2 aromatic heterocycles. The van der Waals surface area contributed by atoms with E-state index >= 15 is 0 Å². The number of rotatable bonds is 5. The number of nitrogens with one attached hydrogen (secondary N) is 1. The number of hydrogen-bond acceptors (Lipinski definition) is 4. The molecule has 24 heavy (non-hydrogen) atoms. The van der Waals surface area contributed by atoms with Crippen molar-refractivity contribution >= 4 is 5.95 Å². The lowest BCUT2D eigenvalue weighted by atomic mass is 9.96. The number of hydrogen-bond donors (Lipinski definition) is 1. The highest BCUT2D eigenvalue weighted by molar-refractivity contribution is 5.63.